The summed E-state index contributed by atoms with van der Waals surface area (Å²) in [5.41, 5.74) is 0. The monoisotopic (exact) mass is 118 g/mol. The Balaban J connectivity index is 3.25. The Morgan fingerprint density at radius 3 is 2.43 bits per heavy atom. The molecule has 0 bridgehead atoms. The van der Waals surface area contributed by atoms with Crippen LogP contribution in [0.2, 0.25) is 0 Å². The lowest BCUT2D eigenvalue weighted by molar-refractivity contribution is 0.597. The zero-order chi connectivity index (χ0) is 5.33. The molecule has 37 valence electrons. The molecule has 7 heavy (non-hydrogen) atoms. The summed E-state index contributed by atoms with van der Waals surface area (Å²) in [5.74, 6) is 0. The maximum Gasteiger partial charge on any atom is 0.550 e. The summed E-state index contributed by atoms with van der Waals surface area (Å²) in [5, 5.41) is 0. The van der Waals surface area contributed by atoms with E-state index in [9.17, 15) is 8.42 Å². The van der Waals surface area contributed by atoms with Gasteiger partial charge in [0.25, 0.3) is 6.21 Å². The molecular weight excluding hydrogens is 116 g/mol. The Morgan fingerprint density at radius 1 is 1.57 bits per heavy atom. The van der Waals surface area contributed by atoms with Gasteiger partial charge in [-0.1, -0.05) is 0 Å². The van der Waals surface area contributed by atoms with Crippen LogP contribution in [0.1, 0.15) is 0 Å². The molecule has 0 unspecified atom stereocenters. The first-order valence-electron chi connectivity index (χ1n) is 1.55. The summed E-state index contributed by atoms with van der Waals surface area (Å²) < 4.78 is 26.1. The Morgan fingerprint density at radius 2 is 2.29 bits per heavy atom. The second kappa shape index (κ2) is 1.13. The number of rotatable bonds is 0. The van der Waals surface area contributed by atoms with Crippen molar-refractivity contribution in [3.63, 3.8) is 0 Å². The van der Waals surface area contributed by atoms with E-state index in [1.807, 2.05) is 0 Å². The zero-order valence-electron chi connectivity index (χ0n) is 3.27. The lowest BCUT2D eigenvalue weighted by Gasteiger charge is -1.57. The fraction of sp³-hybridized carbons (Fsp3) is 0. The van der Waals surface area contributed by atoms with Crippen molar-refractivity contribution in [2.45, 2.75) is 0 Å². The minimum atomic E-state index is -3.41. The third-order valence-corrected chi connectivity index (χ3v) is 1.23. The lowest BCUT2D eigenvalue weighted by atomic mass is 10.9. The van der Waals surface area contributed by atoms with E-state index in [2.05, 4.69) is 8.80 Å². The molecule has 0 aromatic heterocycles. The second-order valence-electron chi connectivity index (χ2n) is 0.957. The Bertz CT molecular complexity index is 194. The lowest BCUT2D eigenvalue weighted by Crippen LogP contribution is -1.95. The average molecular weight is 118 g/mol. The van der Waals surface area contributed by atoms with Crippen LogP contribution in [0.3, 0.4) is 0 Å². The quantitative estimate of drug-likeness (QED) is 0.398. The van der Waals surface area contributed by atoms with Crippen LogP contribution < -0.4 is 4.40 Å². The highest BCUT2D eigenvalue weighted by molar-refractivity contribution is 7.88. The maximum absolute atomic E-state index is 10.0. The van der Waals surface area contributed by atoms with Gasteiger partial charge in [0, 0.05) is 0 Å². The van der Waals surface area contributed by atoms with E-state index in [0.29, 0.717) is 0 Å². The molecule has 1 aliphatic heterocycles. The number of nitrogens with zero attached hydrogens (tertiary/aromatic N) is 2. The molecule has 1 aliphatic rings. The van der Waals surface area contributed by atoms with Crippen molar-refractivity contribution in [1.29, 1.82) is 0 Å². The molecule has 0 N–H and O–H groups in total. The average Bonchev–Trinajstić information content (AvgIpc) is 1.84. The smallest absolute Gasteiger partial charge is 0.136 e. The molecule has 0 spiro atoms. The van der Waals surface area contributed by atoms with Crippen molar-refractivity contribution in [2.24, 2.45) is 4.40 Å². The second-order valence-corrected chi connectivity index (χ2v) is 2.27. The Hall–Kier alpha value is -0.710. The van der Waals surface area contributed by atoms with Gasteiger partial charge in [-0.05, 0) is 0 Å². The standard InChI is InChI=1S/C2H2N2O2S/c5-7(6)3-1-2-4-7/h1-2H/q+1. The molecule has 0 amide bonds. The van der Waals surface area contributed by atoms with Crippen LogP contribution in [0.5, 0.6) is 0 Å². The van der Waals surface area contributed by atoms with Crippen molar-refractivity contribution < 1.29 is 8.42 Å². The third kappa shape index (κ3) is 0.833. The highest BCUT2D eigenvalue weighted by atomic mass is 32.2. The molecule has 0 aromatic rings. The summed E-state index contributed by atoms with van der Waals surface area (Å²) >= 11 is 0. The van der Waals surface area contributed by atoms with Gasteiger partial charge in [0.05, 0.1) is 0 Å². The molecule has 0 atom stereocenters. The van der Waals surface area contributed by atoms with Gasteiger partial charge in [-0.2, -0.15) is 0 Å². The predicted octanol–water partition coefficient (Wildman–Crippen LogP) is -1.28. The van der Waals surface area contributed by atoms with Crippen LogP contribution in [-0.4, -0.2) is 20.8 Å². The molecule has 0 fully saturated rings. The molecule has 1 heterocycles. The maximum atomic E-state index is 10.0. The van der Waals surface area contributed by atoms with Crippen LogP contribution in [0.15, 0.2) is 4.40 Å². The van der Waals surface area contributed by atoms with Crippen LogP contribution >= 0.6 is 0 Å². The molecule has 0 aromatic carbocycles. The fourth-order valence-corrected chi connectivity index (χ4v) is 0.706. The first-order chi connectivity index (χ1) is 3.21. The van der Waals surface area contributed by atoms with Crippen LogP contribution in [0, 0.1) is 0 Å². The van der Waals surface area contributed by atoms with Gasteiger partial charge in [-0.15, -0.1) is 12.8 Å². The third-order valence-electron chi connectivity index (χ3n) is 0.455. The molecule has 1 radical (unpaired) electrons. The first-order valence-corrected chi connectivity index (χ1v) is 2.95. The van der Waals surface area contributed by atoms with Crippen molar-refractivity contribution in [3.05, 3.63) is 0 Å². The minimum Gasteiger partial charge on any atom is -0.136 e. The Kier molecular flexibility index (Phi) is 0.717. The topological polar surface area (TPSA) is 60.6 Å². The fourth-order valence-electron chi connectivity index (χ4n) is 0.235. The van der Waals surface area contributed by atoms with E-state index in [0.717, 1.165) is 12.4 Å². The molecule has 1 rings (SSSR count). The summed E-state index contributed by atoms with van der Waals surface area (Å²) in [6, 6.07) is 0. The van der Waals surface area contributed by atoms with Gasteiger partial charge in [-0.25, -0.2) is 0 Å². The van der Waals surface area contributed by atoms with E-state index >= 15 is 0 Å². The first kappa shape index (κ1) is 4.45. The predicted molar refractivity (Wildman–Crippen MR) is 25.6 cm³/mol. The van der Waals surface area contributed by atoms with Crippen LogP contribution in [-0.2, 0) is 10.2 Å². The van der Waals surface area contributed by atoms with Gasteiger partial charge in [-0.3, -0.25) is 0 Å². The summed E-state index contributed by atoms with van der Waals surface area (Å²) in [4.78, 5) is 0. The zero-order valence-corrected chi connectivity index (χ0v) is 4.09. The molecule has 0 saturated carbocycles. The van der Waals surface area contributed by atoms with Crippen LogP contribution in [0.4, 0.5) is 0 Å². The largest absolute Gasteiger partial charge is 0.550 e. The van der Waals surface area contributed by atoms with E-state index in [-0.39, 0.29) is 0 Å². The van der Waals surface area contributed by atoms with E-state index < -0.39 is 10.2 Å². The van der Waals surface area contributed by atoms with Gasteiger partial charge >= 0.3 is 10.2 Å². The number of hydrogen-bond donors (Lipinski definition) is 0. The van der Waals surface area contributed by atoms with Crippen molar-refractivity contribution in [1.82, 2.24) is 4.40 Å². The molecule has 5 heteroatoms. The highest BCUT2D eigenvalue weighted by Gasteiger charge is 2.20. The van der Waals surface area contributed by atoms with E-state index in [4.69, 9.17) is 0 Å². The summed E-state index contributed by atoms with van der Waals surface area (Å²) in [6.45, 7) is 0. The van der Waals surface area contributed by atoms with Crippen molar-refractivity contribution in [3.8, 4) is 0 Å². The van der Waals surface area contributed by atoms with E-state index in [1.165, 1.54) is 0 Å². The van der Waals surface area contributed by atoms with Gasteiger partial charge in [0.1, 0.15) is 6.21 Å². The van der Waals surface area contributed by atoms with Crippen molar-refractivity contribution >= 4 is 22.6 Å². The molecule has 4 nitrogen and oxygen atoms in total. The molecule has 0 saturated heterocycles. The Labute approximate surface area is 40.8 Å². The SMILES string of the molecule is O=S1(=O)N=CC=[N+]1. The van der Waals surface area contributed by atoms with Crippen LogP contribution in [0.25, 0.3) is 0 Å². The van der Waals surface area contributed by atoms with Crippen molar-refractivity contribution in [2.75, 3.05) is 0 Å². The van der Waals surface area contributed by atoms with E-state index in [1.54, 1.807) is 0 Å². The minimum absolute atomic E-state index is 1.13. The van der Waals surface area contributed by atoms with Gasteiger partial charge in [0.2, 0.25) is 0 Å². The van der Waals surface area contributed by atoms with Gasteiger partial charge < -0.3 is 0 Å². The highest BCUT2D eigenvalue weighted by Crippen LogP contribution is 1.83. The number of hydrogen-bond acceptors (Lipinski definition) is 2. The summed E-state index contributed by atoms with van der Waals surface area (Å²) in [6.07, 6.45) is 2.27. The molecular formula is C2H2N2O2S+. The summed E-state index contributed by atoms with van der Waals surface area (Å²) in [7, 11) is -3.41. The molecule has 0 aliphatic carbocycles. The normalized spacial score (nSPS) is 23.4. The van der Waals surface area contributed by atoms with Gasteiger partial charge in [0.15, 0.2) is 4.40 Å².